The van der Waals surface area contributed by atoms with Crippen LogP contribution in [-0.4, -0.2) is 13.6 Å². The fourth-order valence-corrected chi connectivity index (χ4v) is 11.7. The number of hydrogen-bond donors (Lipinski definition) is 0. The summed E-state index contributed by atoms with van der Waals surface area (Å²) in [5.41, 5.74) is 2.07. The number of benzene rings is 6. The fourth-order valence-electron chi connectivity index (χ4n) is 6.23. The molecule has 224 valence electrons. The number of hydrogen-bond acceptors (Lipinski definition) is 4. The third-order valence-corrected chi connectivity index (χ3v) is 13.7. The average molecular weight is 719 g/mol. The van der Waals surface area contributed by atoms with Gasteiger partial charge in [-0.05, 0) is 72.8 Å². The Hall–Kier alpha value is -3.96. The molecule has 8 rings (SSSR count). The van der Waals surface area contributed by atoms with Gasteiger partial charge in [-0.15, -0.1) is 0 Å². The van der Waals surface area contributed by atoms with Gasteiger partial charge in [-0.2, -0.15) is 0 Å². The van der Waals surface area contributed by atoms with E-state index < -0.39 is 15.8 Å². The Morgan fingerprint density at radius 1 is 0.356 bits per heavy atom. The SMILES string of the molecule is [Pd].c1ccc([PH+](c2ccccc2)c2ccc3c(c2-c2c([PH+](c4ccccc4)c4ccccc4)ccc4c2OCO4)OCO3)cc1. The van der Waals surface area contributed by atoms with Crippen molar-refractivity contribution in [2.75, 3.05) is 13.6 Å². The monoisotopic (exact) mass is 718 g/mol. The molecule has 0 aliphatic carbocycles. The maximum atomic E-state index is 6.36. The first-order chi connectivity index (χ1) is 21.9. The van der Waals surface area contributed by atoms with Gasteiger partial charge in [-0.1, -0.05) is 72.8 Å². The summed E-state index contributed by atoms with van der Waals surface area (Å²) in [6.07, 6.45) is 0. The van der Waals surface area contributed by atoms with Crippen molar-refractivity contribution in [2.24, 2.45) is 0 Å². The largest absolute Gasteiger partial charge is 0.454 e. The molecule has 7 heteroatoms. The summed E-state index contributed by atoms with van der Waals surface area (Å²) in [5, 5.41) is 7.64. The van der Waals surface area contributed by atoms with Crippen LogP contribution < -0.4 is 50.8 Å². The van der Waals surface area contributed by atoms with E-state index in [4.69, 9.17) is 18.9 Å². The molecule has 0 aromatic heterocycles. The molecule has 0 N–H and O–H groups in total. The molecule has 0 unspecified atom stereocenters. The molecule has 0 radical (unpaired) electrons. The van der Waals surface area contributed by atoms with Crippen molar-refractivity contribution >= 4 is 47.7 Å². The van der Waals surface area contributed by atoms with Gasteiger partial charge >= 0.3 is 0 Å². The predicted octanol–water partition coefficient (Wildman–Crippen LogP) is 5.79. The molecule has 0 atom stereocenters. The van der Waals surface area contributed by atoms with Crippen molar-refractivity contribution in [1.82, 2.24) is 0 Å². The van der Waals surface area contributed by atoms with E-state index in [1.54, 1.807) is 0 Å². The van der Waals surface area contributed by atoms with Crippen LogP contribution in [0.25, 0.3) is 11.1 Å². The topological polar surface area (TPSA) is 36.9 Å². The Bertz CT molecular complexity index is 1700. The van der Waals surface area contributed by atoms with Gasteiger partial charge in [0.1, 0.15) is 31.8 Å². The summed E-state index contributed by atoms with van der Waals surface area (Å²) in [6.45, 7) is 0.364. The molecule has 0 saturated carbocycles. The Kier molecular flexibility index (Phi) is 8.71. The molecule has 2 heterocycles. The quantitative estimate of drug-likeness (QED) is 0.155. The Balaban J connectivity index is 0.00000325. The Morgan fingerprint density at radius 3 is 0.978 bits per heavy atom. The zero-order chi connectivity index (χ0) is 29.3. The molecule has 4 nitrogen and oxygen atoms in total. The van der Waals surface area contributed by atoms with Crippen molar-refractivity contribution in [3.63, 3.8) is 0 Å². The number of rotatable bonds is 7. The summed E-state index contributed by atoms with van der Waals surface area (Å²) < 4.78 is 24.8. The minimum Gasteiger partial charge on any atom is -0.454 e. The normalized spacial score (nSPS) is 12.8. The Labute approximate surface area is 279 Å². The first-order valence-electron chi connectivity index (χ1n) is 14.7. The molecule has 0 fully saturated rings. The molecule has 2 aliphatic heterocycles. The predicted molar refractivity (Wildman–Crippen MR) is 184 cm³/mol. The summed E-state index contributed by atoms with van der Waals surface area (Å²) in [6, 6.07) is 51.9. The average Bonchev–Trinajstić information content (AvgIpc) is 3.77. The molecule has 0 bridgehead atoms. The van der Waals surface area contributed by atoms with Gasteiger partial charge in [0.2, 0.25) is 13.6 Å². The van der Waals surface area contributed by atoms with Crippen LogP contribution in [0.4, 0.5) is 0 Å². The van der Waals surface area contributed by atoms with Crippen LogP contribution in [0.3, 0.4) is 0 Å². The summed E-state index contributed by atoms with van der Waals surface area (Å²) >= 11 is 0. The molecular formula is C38H30O4P2Pd+2. The maximum absolute atomic E-state index is 6.36. The van der Waals surface area contributed by atoms with Crippen molar-refractivity contribution in [3.8, 4) is 34.1 Å². The first kappa shape index (κ1) is 29.7. The third kappa shape index (κ3) is 5.57. The van der Waals surface area contributed by atoms with Gasteiger partial charge in [-0.3, -0.25) is 0 Å². The summed E-state index contributed by atoms with van der Waals surface area (Å²) in [5.74, 6) is 3.04. The van der Waals surface area contributed by atoms with E-state index in [2.05, 4.69) is 146 Å². The van der Waals surface area contributed by atoms with Gasteiger partial charge in [0.25, 0.3) is 0 Å². The van der Waals surface area contributed by atoms with Crippen LogP contribution in [0.2, 0.25) is 0 Å². The molecule has 0 saturated heterocycles. The fraction of sp³-hybridized carbons (Fsp3) is 0.0526. The van der Waals surface area contributed by atoms with Crippen LogP contribution >= 0.6 is 15.8 Å². The molecule has 0 amide bonds. The molecule has 45 heavy (non-hydrogen) atoms. The smallest absolute Gasteiger partial charge is 0.231 e. The second-order valence-corrected chi connectivity index (χ2v) is 15.5. The van der Waals surface area contributed by atoms with E-state index in [1.807, 2.05) is 0 Å². The van der Waals surface area contributed by atoms with Crippen molar-refractivity contribution in [3.05, 3.63) is 146 Å². The van der Waals surface area contributed by atoms with Crippen LogP contribution in [0.1, 0.15) is 0 Å². The van der Waals surface area contributed by atoms with Gasteiger partial charge in [-0.25, -0.2) is 0 Å². The molecular weight excluding hydrogens is 689 g/mol. The standard InChI is InChI=1S/C38H28O4P2.Pd/c1-5-13-27(14-6-1)43(28-15-7-2-8-16-28)33-23-21-31-37(41-25-39-31)35(33)36-34(24-22-32-38(36)42-26-40-32)44(29-17-9-3-10-18-29)30-19-11-4-12-20-30;/h1-24H,25-26H2;/p+2. The van der Waals surface area contributed by atoms with Crippen LogP contribution in [0.15, 0.2) is 146 Å². The van der Waals surface area contributed by atoms with E-state index in [0.29, 0.717) is 0 Å². The van der Waals surface area contributed by atoms with Gasteiger partial charge in [0.15, 0.2) is 23.0 Å². The zero-order valence-electron chi connectivity index (χ0n) is 24.2. The van der Waals surface area contributed by atoms with Crippen molar-refractivity contribution < 1.29 is 39.4 Å². The van der Waals surface area contributed by atoms with Crippen LogP contribution in [0.5, 0.6) is 23.0 Å². The van der Waals surface area contributed by atoms with Crippen LogP contribution in [-0.2, 0) is 20.4 Å². The van der Waals surface area contributed by atoms with E-state index in [0.717, 1.165) is 34.1 Å². The molecule has 6 aromatic carbocycles. The number of fused-ring (bicyclic) bond motifs is 2. The Morgan fingerprint density at radius 2 is 0.667 bits per heavy atom. The summed E-state index contributed by atoms with van der Waals surface area (Å²) in [4.78, 5) is 0. The van der Waals surface area contributed by atoms with Crippen LogP contribution in [0, 0.1) is 0 Å². The van der Waals surface area contributed by atoms with E-state index in [9.17, 15) is 0 Å². The molecule has 0 spiro atoms. The minimum atomic E-state index is -1.48. The summed E-state index contributed by atoms with van der Waals surface area (Å²) in [7, 11) is -2.96. The van der Waals surface area contributed by atoms with E-state index >= 15 is 0 Å². The third-order valence-electron chi connectivity index (χ3n) is 8.12. The number of ether oxygens (including phenoxy) is 4. The molecule has 6 aromatic rings. The van der Waals surface area contributed by atoms with Crippen molar-refractivity contribution in [1.29, 1.82) is 0 Å². The van der Waals surface area contributed by atoms with E-state index in [-0.39, 0.29) is 34.0 Å². The maximum Gasteiger partial charge on any atom is 0.231 e. The second kappa shape index (κ2) is 13.2. The van der Waals surface area contributed by atoms with Gasteiger partial charge in [0.05, 0.1) is 27.0 Å². The molecule has 2 aliphatic rings. The second-order valence-electron chi connectivity index (χ2n) is 10.7. The van der Waals surface area contributed by atoms with Gasteiger partial charge in [0, 0.05) is 20.4 Å². The zero-order valence-corrected chi connectivity index (χ0v) is 27.8. The first-order valence-corrected chi connectivity index (χ1v) is 17.7. The van der Waals surface area contributed by atoms with Gasteiger partial charge < -0.3 is 18.9 Å². The van der Waals surface area contributed by atoms with E-state index in [1.165, 1.54) is 31.8 Å². The minimum absolute atomic E-state index is 0. The van der Waals surface area contributed by atoms with Crippen molar-refractivity contribution in [2.45, 2.75) is 0 Å².